The summed E-state index contributed by atoms with van der Waals surface area (Å²) in [4.78, 5) is 79.0. The molecule has 0 aromatic heterocycles. The van der Waals surface area contributed by atoms with E-state index in [-0.39, 0.29) is 30.3 Å². The molecule has 4 atom stereocenters. The third-order valence-corrected chi connectivity index (χ3v) is 7.59. The minimum Gasteiger partial charge on any atom is -0.480 e. The lowest BCUT2D eigenvalue weighted by atomic mass is 9.85. The minimum atomic E-state index is -1.65. The summed E-state index contributed by atoms with van der Waals surface area (Å²) in [5.74, 6) is -4.61. The van der Waals surface area contributed by atoms with Crippen LogP contribution < -0.4 is 21.3 Å². The summed E-state index contributed by atoms with van der Waals surface area (Å²) in [6.07, 6.45) is 2.21. The highest BCUT2D eigenvalue weighted by Gasteiger charge is 2.38. The smallest absolute Gasteiger partial charge is 0.326 e. The van der Waals surface area contributed by atoms with Crippen molar-refractivity contribution in [3.05, 3.63) is 0 Å². The van der Waals surface area contributed by atoms with Crippen LogP contribution in [0, 0.1) is 17.3 Å². The molecule has 0 aromatic carbocycles. The summed E-state index contributed by atoms with van der Waals surface area (Å²) in [5.41, 5.74) is -0.757. The van der Waals surface area contributed by atoms with Crippen molar-refractivity contribution in [2.45, 2.75) is 118 Å². The Morgan fingerprint density at radius 3 is 1.81 bits per heavy atom. The van der Waals surface area contributed by atoms with Crippen LogP contribution in [0.15, 0.2) is 0 Å². The van der Waals surface area contributed by atoms with Crippen molar-refractivity contribution in [1.82, 2.24) is 26.2 Å². The Kier molecular flexibility index (Phi) is 15.6. The Bertz CT molecular complexity index is 970. The molecule has 0 aliphatic carbocycles. The fraction of sp³-hybridized carbons (Fsp3) is 0.800. The number of hydrogen-bond donors (Lipinski definition) is 6. The molecule has 6 N–H and O–H groups in total. The molecule has 1 aliphatic heterocycles. The van der Waals surface area contributed by atoms with Gasteiger partial charge in [0.1, 0.15) is 18.1 Å². The van der Waals surface area contributed by atoms with E-state index in [4.69, 9.17) is 0 Å². The highest BCUT2D eigenvalue weighted by atomic mass is 16.4. The summed E-state index contributed by atoms with van der Waals surface area (Å²) in [7, 11) is 0. The number of carboxylic acids is 1. The van der Waals surface area contributed by atoms with Gasteiger partial charge in [0.05, 0.1) is 25.5 Å². The number of hydrogen-bond acceptors (Lipinski definition) is 7. The van der Waals surface area contributed by atoms with Crippen LogP contribution >= 0.6 is 0 Å². The molecule has 0 saturated carbocycles. The van der Waals surface area contributed by atoms with E-state index in [2.05, 4.69) is 21.3 Å². The van der Waals surface area contributed by atoms with Crippen molar-refractivity contribution in [1.29, 1.82) is 0 Å². The molecule has 0 unspecified atom stereocenters. The Labute approximate surface area is 255 Å². The number of rotatable bonds is 17. The van der Waals surface area contributed by atoms with Crippen molar-refractivity contribution in [3.8, 4) is 0 Å². The van der Waals surface area contributed by atoms with E-state index in [9.17, 15) is 39.0 Å². The van der Waals surface area contributed by atoms with Gasteiger partial charge in [-0.3, -0.25) is 24.0 Å². The summed E-state index contributed by atoms with van der Waals surface area (Å²) in [6.45, 7) is 13.5. The number of aliphatic carboxylic acids is 1. The van der Waals surface area contributed by atoms with Crippen LogP contribution in [0.3, 0.4) is 0 Å². The third-order valence-electron chi connectivity index (χ3n) is 7.59. The molecule has 246 valence electrons. The molecule has 0 radical (unpaired) electrons. The maximum absolute atomic E-state index is 13.5. The molecule has 1 aliphatic rings. The SMILES string of the molecule is CCC(CC)C(=O)N[C@H](C(=O)N[C@@H](CC(=O)N1CCCC1)C(=O)N[C@@H](CC(=O)N[C@H](CO)CC(C)C)C(=O)O)C(C)(C)C. The van der Waals surface area contributed by atoms with Gasteiger partial charge in [0.25, 0.3) is 0 Å². The lowest BCUT2D eigenvalue weighted by molar-refractivity contribution is -0.144. The molecule has 1 heterocycles. The van der Waals surface area contributed by atoms with Crippen LogP contribution in [-0.2, 0) is 28.8 Å². The van der Waals surface area contributed by atoms with Crippen molar-refractivity contribution in [3.63, 3.8) is 0 Å². The van der Waals surface area contributed by atoms with Gasteiger partial charge in [0.15, 0.2) is 0 Å². The second-order valence-electron chi connectivity index (χ2n) is 12.9. The number of aliphatic hydroxyl groups is 1. The van der Waals surface area contributed by atoms with Crippen molar-refractivity contribution < 1.29 is 39.0 Å². The number of aliphatic hydroxyl groups excluding tert-OH is 1. The van der Waals surface area contributed by atoms with Crippen molar-refractivity contribution in [2.75, 3.05) is 19.7 Å². The Hall–Kier alpha value is -3.22. The second-order valence-corrected chi connectivity index (χ2v) is 12.9. The Balaban J connectivity index is 3.18. The molecular formula is C30H53N5O8. The number of amides is 5. The molecule has 0 aromatic rings. The Morgan fingerprint density at radius 2 is 1.35 bits per heavy atom. The highest BCUT2D eigenvalue weighted by molar-refractivity contribution is 5.97. The largest absolute Gasteiger partial charge is 0.480 e. The molecule has 43 heavy (non-hydrogen) atoms. The van der Waals surface area contributed by atoms with Crippen molar-refractivity contribution in [2.24, 2.45) is 17.3 Å². The summed E-state index contributed by atoms with van der Waals surface area (Å²) in [5, 5.41) is 29.6. The maximum atomic E-state index is 13.5. The zero-order valence-electron chi connectivity index (χ0n) is 26.8. The van der Waals surface area contributed by atoms with Gasteiger partial charge in [-0.05, 0) is 43.4 Å². The van der Waals surface area contributed by atoms with E-state index in [0.717, 1.165) is 12.8 Å². The molecule has 0 bridgehead atoms. The molecular weight excluding hydrogens is 558 g/mol. The highest BCUT2D eigenvalue weighted by Crippen LogP contribution is 2.21. The lowest BCUT2D eigenvalue weighted by Gasteiger charge is -2.33. The number of nitrogens with zero attached hydrogens (tertiary/aromatic N) is 1. The summed E-state index contributed by atoms with van der Waals surface area (Å²) < 4.78 is 0. The Morgan fingerprint density at radius 1 is 0.791 bits per heavy atom. The van der Waals surface area contributed by atoms with Gasteiger partial charge < -0.3 is 36.4 Å². The first-order valence-electron chi connectivity index (χ1n) is 15.4. The van der Waals surface area contributed by atoms with E-state index in [0.29, 0.717) is 32.4 Å². The number of carbonyl (C=O) groups is 6. The molecule has 1 rings (SSSR count). The van der Waals surface area contributed by atoms with Gasteiger partial charge in [-0.15, -0.1) is 0 Å². The van der Waals surface area contributed by atoms with E-state index < -0.39 is 66.1 Å². The average Bonchev–Trinajstić information content (AvgIpc) is 3.45. The van der Waals surface area contributed by atoms with E-state index in [1.807, 2.05) is 27.7 Å². The topological polar surface area (TPSA) is 194 Å². The van der Waals surface area contributed by atoms with Crippen LogP contribution in [0.5, 0.6) is 0 Å². The van der Waals surface area contributed by atoms with Crippen LogP contribution in [0.4, 0.5) is 0 Å². The predicted molar refractivity (Wildman–Crippen MR) is 160 cm³/mol. The monoisotopic (exact) mass is 611 g/mol. The lowest BCUT2D eigenvalue weighted by Crippen LogP contribution is -2.60. The maximum Gasteiger partial charge on any atom is 0.326 e. The number of carboxylic acid groups (broad SMARTS) is 1. The zero-order valence-corrected chi connectivity index (χ0v) is 26.8. The molecule has 1 saturated heterocycles. The van der Waals surface area contributed by atoms with Gasteiger partial charge in [-0.25, -0.2) is 4.79 Å². The molecule has 5 amide bonds. The molecule has 1 fully saturated rings. The van der Waals surface area contributed by atoms with Crippen molar-refractivity contribution >= 4 is 35.5 Å². The van der Waals surface area contributed by atoms with Gasteiger partial charge in [-0.2, -0.15) is 0 Å². The van der Waals surface area contributed by atoms with Crippen LogP contribution in [-0.4, -0.2) is 94.5 Å². The average molecular weight is 612 g/mol. The van der Waals surface area contributed by atoms with E-state index in [1.165, 1.54) is 0 Å². The zero-order chi connectivity index (χ0) is 32.9. The number of likely N-dealkylation sites (tertiary alicyclic amines) is 1. The predicted octanol–water partition coefficient (Wildman–Crippen LogP) is 0.934. The minimum absolute atomic E-state index is 0.168. The first-order valence-corrected chi connectivity index (χ1v) is 15.4. The van der Waals surface area contributed by atoms with Crippen LogP contribution in [0.2, 0.25) is 0 Å². The van der Waals surface area contributed by atoms with Gasteiger partial charge in [-0.1, -0.05) is 48.5 Å². The fourth-order valence-corrected chi connectivity index (χ4v) is 5.02. The second kappa shape index (κ2) is 17.8. The fourth-order valence-electron chi connectivity index (χ4n) is 5.02. The van der Waals surface area contributed by atoms with Gasteiger partial charge in [0, 0.05) is 19.0 Å². The van der Waals surface area contributed by atoms with Gasteiger partial charge >= 0.3 is 5.97 Å². The quantitative estimate of drug-likeness (QED) is 0.140. The first-order chi connectivity index (χ1) is 20.0. The normalized spacial score (nSPS) is 16.3. The van der Waals surface area contributed by atoms with Gasteiger partial charge in [0.2, 0.25) is 29.5 Å². The first kappa shape index (κ1) is 37.8. The van der Waals surface area contributed by atoms with E-state index >= 15 is 0 Å². The standard InChI is InChI=1S/C30H53N5O8/c1-8-19(9-2)26(39)34-25(30(5,6)7)28(41)32-21(16-24(38)35-12-10-11-13-35)27(40)33-22(29(42)43)15-23(37)31-20(17-36)14-18(3)4/h18-22,25,36H,8-17H2,1-7H3,(H,31,37)(H,32,41)(H,33,40)(H,34,39)(H,42,43)/t20-,21-,22-,25+/m0/s1. The number of nitrogens with one attached hydrogen (secondary N) is 4. The number of carbonyl (C=O) groups excluding carboxylic acids is 5. The molecule has 0 spiro atoms. The summed E-state index contributed by atoms with van der Waals surface area (Å²) in [6, 6.07) is -4.73. The molecule has 13 nitrogen and oxygen atoms in total. The van der Waals surface area contributed by atoms with Crippen LogP contribution in [0.1, 0.15) is 93.4 Å². The molecule has 13 heteroatoms. The van der Waals surface area contributed by atoms with E-state index in [1.54, 1.807) is 25.7 Å². The van der Waals surface area contributed by atoms with Crippen LogP contribution in [0.25, 0.3) is 0 Å². The third kappa shape index (κ3) is 12.9. The summed E-state index contributed by atoms with van der Waals surface area (Å²) >= 11 is 0.